The van der Waals surface area contributed by atoms with E-state index in [1.807, 2.05) is 0 Å². The Balaban J connectivity index is 1.86. The van der Waals surface area contributed by atoms with E-state index in [4.69, 9.17) is 5.14 Å². The fraction of sp³-hybridized carbons (Fsp3) is 0.222. The van der Waals surface area contributed by atoms with Crippen molar-refractivity contribution >= 4 is 38.8 Å². The van der Waals surface area contributed by atoms with Gasteiger partial charge in [-0.15, -0.1) is 16.4 Å². The van der Waals surface area contributed by atoms with Crippen LogP contribution in [0.15, 0.2) is 22.5 Å². The van der Waals surface area contributed by atoms with E-state index in [-0.39, 0.29) is 10.1 Å². The van der Waals surface area contributed by atoms with Crippen LogP contribution in [0.4, 0.5) is 0 Å². The van der Waals surface area contributed by atoms with Gasteiger partial charge in [0, 0.05) is 11.4 Å². The van der Waals surface area contributed by atoms with Crippen molar-refractivity contribution in [2.24, 2.45) is 5.14 Å². The molecule has 0 aliphatic heterocycles. The van der Waals surface area contributed by atoms with Crippen LogP contribution in [0.3, 0.4) is 0 Å². The van der Waals surface area contributed by atoms with Crippen LogP contribution in [-0.4, -0.2) is 30.5 Å². The average molecular weight is 318 g/mol. The van der Waals surface area contributed by atoms with Crippen molar-refractivity contribution in [1.82, 2.24) is 14.9 Å². The van der Waals surface area contributed by atoms with E-state index < -0.39 is 10.0 Å². The zero-order valence-corrected chi connectivity index (χ0v) is 12.0. The lowest BCUT2D eigenvalue weighted by Crippen LogP contribution is -2.24. The van der Waals surface area contributed by atoms with Gasteiger partial charge >= 0.3 is 0 Å². The van der Waals surface area contributed by atoms with Gasteiger partial charge in [-0.2, -0.15) is 0 Å². The Hall–Kier alpha value is -1.36. The van der Waals surface area contributed by atoms with Gasteiger partial charge in [0.2, 0.25) is 10.0 Å². The van der Waals surface area contributed by atoms with Crippen molar-refractivity contribution in [3.8, 4) is 0 Å². The SMILES string of the molecule is NS(=O)(=O)c1ccc(CCNC(=O)c2cnns2)s1. The minimum atomic E-state index is -3.64. The van der Waals surface area contributed by atoms with Crippen LogP contribution < -0.4 is 10.5 Å². The van der Waals surface area contributed by atoms with Crippen LogP contribution in [0.5, 0.6) is 0 Å². The first-order valence-corrected chi connectivity index (χ1v) is 8.27. The summed E-state index contributed by atoms with van der Waals surface area (Å²) in [5, 5.41) is 11.3. The van der Waals surface area contributed by atoms with Gasteiger partial charge < -0.3 is 5.32 Å². The summed E-state index contributed by atoms with van der Waals surface area (Å²) in [6.07, 6.45) is 1.93. The van der Waals surface area contributed by atoms with E-state index in [0.717, 1.165) is 27.7 Å². The van der Waals surface area contributed by atoms with E-state index in [2.05, 4.69) is 14.9 Å². The van der Waals surface area contributed by atoms with E-state index in [0.29, 0.717) is 17.8 Å². The predicted molar refractivity (Wildman–Crippen MR) is 71.6 cm³/mol. The number of nitrogens with zero attached hydrogens (tertiary/aromatic N) is 2. The van der Waals surface area contributed by atoms with Crippen LogP contribution in [0.2, 0.25) is 0 Å². The fourth-order valence-electron chi connectivity index (χ4n) is 1.30. The first-order valence-electron chi connectivity index (χ1n) is 5.14. The Kier molecular flexibility index (Phi) is 4.24. The highest BCUT2D eigenvalue weighted by Crippen LogP contribution is 2.20. The van der Waals surface area contributed by atoms with E-state index in [1.165, 1.54) is 12.3 Å². The summed E-state index contributed by atoms with van der Waals surface area (Å²) in [6.45, 7) is 0.404. The molecular weight excluding hydrogens is 308 g/mol. The highest BCUT2D eigenvalue weighted by molar-refractivity contribution is 7.91. The van der Waals surface area contributed by atoms with E-state index in [1.54, 1.807) is 6.07 Å². The number of carbonyl (C=O) groups excluding carboxylic acids is 1. The number of carbonyl (C=O) groups is 1. The molecule has 0 atom stereocenters. The number of thiophene rings is 1. The van der Waals surface area contributed by atoms with Crippen LogP contribution in [0.1, 0.15) is 14.5 Å². The van der Waals surface area contributed by atoms with Crippen LogP contribution in [-0.2, 0) is 16.4 Å². The number of hydrogen-bond donors (Lipinski definition) is 2. The third-order valence-electron chi connectivity index (χ3n) is 2.16. The van der Waals surface area contributed by atoms with Crippen molar-refractivity contribution in [2.75, 3.05) is 6.54 Å². The number of rotatable bonds is 5. The Morgan fingerprint density at radius 1 is 1.42 bits per heavy atom. The number of nitrogens with one attached hydrogen (secondary N) is 1. The third-order valence-corrected chi connectivity index (χ3v) is 5.41. The Labute approximate surface area is 117 Å². The zero-order chi connectivity index (χ0) is 13.9. The lowest BCUT2D eigenvalue weighted by Gasteiger charge is -2.00. The number of nitrogens with two attached hydrogens (primary N) is 1. The molecule has 0 saturated carbocycles. The molecule has 0 spiro atoms. The minimum absolute atomic E-state index is 0.125. The Bertz CT molecular complexity index is 663. The molecule has 0 bridgehead atoms. The summed E-state index contributed by atoms with van der Waals surface area (Å²) in [7, 11) is -3.64. The van der Waals surface area contributed by atoms with Gasteiger partial charge in [0.25, 0.3) is 5.91 Å². The molecule has 3 N–H and O–H groups in total. The molecule has 1 amide bonds. The van der Waals surface area contributed by atoms with Gasteiger partial charge in [-0.25, -0.2) is 13.6 Å². The highest BCUT2D eigenvalue weighted by atomic mass is 32.2. The number of primary sulfonamides is 1. The zero-order valence-electron chi connectivity index (χ0n) is 9.57. The lowest BCUT2D eigenvalue weighted by molar-refractivity contribution is 0.0958. The molecule has 0 radical (unpaired) electrons. The standard InChI is InChI=1S/C9H10N4O3S3/c10-19(15,16)8-2-1-6(17-8)3-4-11-9(14)7-5-12-13-18-7/h1-2,5H,3-4H2,(H,11,14)(H2,10,15,16). The molecule has 2 rings (SSSR count). The van der Waals surface area contributed by atoms with E-state index in [9.17, 15) is 13.2 Å². The summed E-state index contributed by atoms with van der Waals surface area (Å²) < 4.78 is 25.9. The summed E-state index contributed by atoms with van der Waals surface area (Å²) in [5.41, 5.74) is 0. The fourth-order valence-corrected chi connectivity index (χ4v) is 3.51. The molecular formula is C9H10N4O3S3. The molecule has 0 aromatic carbocycles. The smallest absolute Gasteiger partial charge is 0.264 e. The number of hydrogen-bond acceptors (Lipinski definition) is 7. The normalized spacial score (nSPS) is 11.4. The average Bonchev–Trinajstić information content (AvgIpc) is 2.99. The molecule has 102 valence electrons. The van der Waals surface area contributed by atoms with Gasteiger partial charge in [-0.05, 0) is 30.1 Å². The lowest BCUT2D eigenvalue weighted by atomic mass is 10.3. The second-order valence-corrected chi connectivity index (χ2v) is 7.30. The summed E-state index contributed by atoms with van der Waals surface area (Å²) >= 11 is 2.12. The molecule has 10 heteroatoms. The molecule has 0 aliphatic carbocycles. The topological polar surface area (TPSA) is 115 Å². The van der Waals surface area contributed by atoms with Crippen molar-refractivity contribution in [1.29, 1.82) is 0 Å². The molecule has 0 saturated heterocycles. The molecule has 0 unspecified atom stereocenters. The maximum absolute atomic E-state index is 11.6. The largest absolute Gasteiger partial charge is 0.351 e. The highest BCUT2D eigenvalue weighted by Gasteiger charge is 2.12. The van der Waals surface area contributed by atoms with Crippen molar-refractivity contribution < 1.29 is 13.2 Å². The quantitative estimate of drug-likeness (QED) is 0.818. The molecule has 0 fully saturated rings. The van der Waals surface area contributed by atoms with Crippen LogP contribution in [0.25, 0.3) is 0 Å². The second kappa shape index (κ2) is 5.74. The van der Waals surface area contributed by atoms with Crippen molar-refractivity contribution in [3.63, 3.8) is 0 Å². The van der Waals surface area contributed by atoms with E-state index >= 15 is 0 Å². The number of sulfonamides is 1. The number of aromatic nitrogens is 2. The van der Waals surface area contributed by atoms with Crippen molar-refractivity contribution in [3.05, 3.63) is 28.1 Å². The summed E-state index contributed by atoms with van der Waals surface area (Å²) in [5.74, 6) is -0.238. The molecule has 2 heterocycles. The molecule has 19 heavy (non-hydrogen) atoms. The van der Waals surface area contributed by atoms with Gasteiger partial charge in [-0.1, -0.05) is 4.49 Å². The molecule has 2 aromatic rings. The predicted octanol–water partition coefficient (Wildman–Crippen LogP) is 0.219. The molecule has 2 aromatic heterocycles. The maximum atomic E-state index is 11.6. The van der Waals surface area contributed by atoms with Gasteiger partial charge in [-0.3, -0.25) is 4.79 Å². The van der Waals surface area contributed by atoms with Gasteiger partial charge in [0.1, 0.15) is 9.09 Å². The van der Waals surface area contributed by atoms with Crippen LogP contribution in [0, 0.1) is 0 Å². The van der Waals surface area contributed by atoms with Gasteiger partial charge in [0.15, 0.2) is 0 Å². The first-order chi connectivity index (χ1) is 8.97. The minimum Gasteiger partial charge on any atom is -0.351 e. The third kappa shape index (κ3) is 3.80. The van der Waals surface area contributed by atoms with Crippen LogP contribution >= 0.6 is 22.9 Å². The maximum Gasteiger partial charge on any atom is 0.264 e. The monoisotopic (exact) mass is 318 g/mol. The molecule has 0 aliphatic rings. The molecule has 7 nitrogen and oxygen atoms in total. The van der Waals surface area contributed by atoms with Crippen molar-refractivity contribution in [2.45, 2.75) is 10.6 Å². The Morgan fingerprint density at radius 2 is 2.21 bits per heavy atom. The second-order valence-electron chi connectivity index (χ2n) is 3.55. The Morgan fingerprint density at radius 3 is 2.79 bits per heavy atom. The van der Waals surface area contributed by atoms with Gasteiger partial charge in [0.05, 0.1) is 6.20 Å². The number of amides is 1. The summed E-state index contributed by atoms with van der Waals surface area (Å²) in [4.78, 5) is 12.8. The summed E-state index contributed by atoms with van der Waals surface area (Å²) in [6, 6.07) is 3.15. The first kappa shape index (κ1) is 14.1.